The van der Waals surface area contributed by atoms with Crippen molar-refractivity contribution in [3.05, 3.63) is 11.6 Å². The van der Waals surface area contributed by atoms with Crippen LogP contribution in [0.25, 0.3) is 0 Å². The van der Waals surface area contributed by atoms with Crippen LogP contribution < -0.4 is 10.2 Å². The van der Waals surface area contributed by atoms with Crippen LogP contribution in [0.4, 0.5) is 4.79 Å². The lowest BCUT2D eigenvalue weighted by Crippen LogP contribution is -2.52. The van der Waals surface area contributed by atoms with Crippen LogP contribution in [0.3, 0.4) is 0 Å². The molecule has 63 heavy (non-hydrogen) atoms. The summed E-state index contributed by atoms with van der Waals surface area (Å²) in [5.41, 5.74) is 1.79. The van der Waals surface area contributed by atoms with Gasteiger partial charge in [-0.3, -0.25) is 4.57 Å². The highest BCUT2D eigenvalue weighted by Crippen LogP contribution is 2.67. The maximum Gasteiger partial charge on any atom is 0.407 e. The summed E-state index contributed by atoms with van der Waals surface area (Å²) in [4.78, 5) is 38.9. The second kappa shape index (κ2) is 25.6. The molecule has 366 valence electrons. The van der Waals surface area contributed by atoms with Crippen LogP contribution in [0.5, 0.6) is 0 Å². The summed E-state index contributed by atoms with van der Waals surface area (Å²) in [6.45, 7) is 14.4. The van der Waals surface area contributed by atoms with E-state index in [0.29, 0.717) is 47.7 Å². The minimum absolute atomic E-state index is 0.0366. The van der Waals surface area contributed by atoms with Crippen LogP contribution in [0.2, 0.25) is 0 Å². The number of carbonyl (C=O) groups is 2. The lowest BCUT2D eigenvalue weighted by Gasteiger charge is -2.58. The highest BCUT2D eigenvalue weighted by molar-refractivity contribution is 7.45. The molecule has 11 nitrogen and oxygen atoms in total. The molecule has 0 radical (unpaired) electrons. The first-order valence-electron chi connectivity index (χ1n) is 25.7. The molecule has 0 aromatic carbocycles. The molecule has 2 N–H and O–H groups in total. The van der Waals surface area contributed by atoms with Gasteiger partial charge in [0.25, 0.3) is 7.82 Å². The fourth-order valence-corrected chi connectivity index (χ4v) is 13.1. The Bertz CT molecular complexity index is 1470. The van der Waals surface area contributed by atoms with Crippen LogP contribution in [-0.4, -0.2) is 87.4 Å². The fourth-order valence-electron chi connectivity index (χ4n) is 12.4. The van der Waals surface area contributed by atoms with Gasteiger partial charge >= 0.3 is 12.1 Å². The summed E-state index contributed by atoms with van der Waals surface area (Å²) in [6, 6.07) is 0. The summed E-state index contributed by atoms with van der Waals surface area (Å²) in [7, 11) is 0.896. The summed E-state index contributed by atoms with van der Waals surface area (Å²) in [5.74, 6) is 3.00. The Kier molecular flexibility index (Phi) is 22.0. The van der Waals surface area contributed by atoms with E-state index in [1.165, 1.54) is 108 Å². The number of nitrogens with one attached hydrogen (secondary N) is 1. The molecule has 4 aliphatic rings. The molecule has 0 aromatic rings. The van der Waals surface area contributed by atoms with Crippen LogP contribution in [0.1, 0.15) is 189 Å². The summed E-state index contributed by atoms with van der Waals surface area (Å²) in [6.07, 6.45) is 24.8. The molecule has 0 heterocycles. The minimum Gasteiger partial charge on any atom is -0.756 e. The molecule has 0 aromatic heterocycles. The van der Waals surface area contributed by atoms with Crippen molar-refractivity contribution < 1.29 is 47.2 Å². The van der Waals surface area contributed by atoms with E-state index < -0.39 is 44.8 Å². The predicted molar refractivity (Wildman–Crippen MR) is 251 cm³/mol. The van der Waals surface area contributed by atoms with E-state index in [0.717, 1.165) is 55.8 Å². The number of amides is 1. The number of aliphatic carboxylic acids is 1. The molecule has 0 spiro atoms. The molecule has 1 amide bonds. The number of likely N-dealkylation sites (N-methyl/N-ethyl adjacent to an activating group) is 1. The van der Waals surface area contributed by atoms with E-state index in [1.54, 1.807) is 0 Å². The zero-order valence-electron chi connectivity index (χ0n) is 41.5. The number of hydrogen-bond acceptors (Lipinski definition) is 8. The summed E-state index contributed by atoms with van der Waals surface area (Å²) >= 11 is 0. The van der Waals surface area contributed by atoms with Crippen molar-refractivity contribution in [2.45, 2.75) is 208 Å². The third-order valence-corrected chi connectivity index (χ3v) is 17.1. The Morgan fingerprint density at radius 1 is 0.873 bits per heavy atom. The quantitative estimate of drug-likeness (QED) is 0.0311. The number of allylic oxidation sites excluding steroid dienone is 1. The van der Waals surface area contributed by atoms with Gasteiger partial charge in [0.1, 0.15) is 13.2 Å². The second-order valence-corrected chi connectivity index (χ2v) is 23.8. The van der Waals surface area contributed by atoms with Gasteiger partial charge < -0.3 is 38.3 Å². The number of carboxylic acids is 1. The van der Waals surface area contributed by atoms with Crippen molar-refractivity contribution in [1.82, 2.24) is 5.32 Å². The van der Waals surface area contributed by atoms with Gasteiger partial charge in [-0.1, -0.05) is 143 Å². The number of rotatable bonds is 30. The van der Waals surface area contributed by atoms with Gasteiger partial charge in [-0.15, -0.1) is 0 Å². The van der Waals surface area contributed by atoms with Gasteiger partial charge in [0.15, 0.2) is 12.2 Å². The van der Waals surface area contributed by atoms with Crippen LogP contribution in [0.15, 0.2) is 11.6 Å². The molecule has 4 rings (SSSR count). The van der Waals surface area contributed by atoms with E-state index in [-0.39, 0.29) is 12.0 Å². The van der Waals surface area contributed by atoms with E-state index in [1.807, 2.05) is 21.1 Å². The summed E-state index contributed by atoms with van der Waals surface area (Å²) < 4.78 is 35.7. The molecule has 0 bridgehead atoms. The Labute approximate surface area is 384 Å². The predicted octanol–water partition coefficient (Wildman–Crippen LogP) is 11.9. The van der Waals surface area contributed by atoms with Crippen molar-refractivity contribution in [2.75, 3.05) is 47.4 Å². The highest BCUT2D eigenvalue weighted by Gasteiger charge is 2.59. The maximum absolute atomic E-state index is 13.1. The van der Waals surface area contributed by atoms with Crippen molar-refractivity contribution >= 4 is 19.9 Å². The zero-order valence-corrected chi connectivity index (χ0v) is 42.4. The second-order valence-electron chi connectivity index (χ2n) is 22.4. The lowest BCUT2D eigenvalue weighted by molar-refractivity contribution is -0.870. The van der Waals surface area contributed by atoms with Gasteiger partial charge in [-0.25, -0.2) is 9.59 Å². The number of carboxylic acid groups (broad SMARTS) is 1. The number of hydrogen-bond donors (Lipinski definition) is 2. The Morgan fingerprint density at radius 3 is 2.14 bits per heavy atom. The topological polar surface area (TPSA) is 143 Å². The number of alkyl carbamates (subject to hydrolysis) is 1. The smallest absolute Gasteiger partial charge is 0.407 e. The molecular formula is C51H93N2O9P. The van der Waals surface area contributed by atoms with Gasteiger partial charge in [0, 0.05) is 6.54 Å². The number of unbranched alkanes of at least 4 members (excludes halogenated alkanes) is 11. The Hall–Kier alpha value is -1.49. The third-order valence-electron chi connectivity index (χ3n) is 16.1. The number of nitrogens with zero attached hydrogens (tertiary/aromatic N) is 1. The maximum atomic E-state index is 13.1. The molecule has 3 fully saturated rings. The third kappa shape index (κ3) is 16.7. The molecule has 0 aliphatic heterocycles. The average Bonchev–Trinajstić information content (AvgIpc) is 3.57. The first-order valence-corrected chi connectivity index (χ1v) is 27.2. The van der Waals surface area contributed by atoms with Crippen LogP contribution >= 0.6 is 7.82 Å². The molecule has 12 heteroatoms. The number of carbonyl (C=O) groups excluding carboxylic acids is 1. The van der Waals surface area contributed by atoms with E-state index in [9.17, 15) is 24.2 Å². The minimum atomic E-state index is -4.84. The van der Waals surface area contributed by atoms with Gasteiger partial charge in [-0.05, 0) is 104 Å². The molecular weight excluding hydrogens is 816 g/mol. The number of ether oxygens (including phenoxy) is 2. The van der Waals surface area contributed by atoms with Gasteiger partial charge in [-0.2, -0.15) is 0 Å². The van der Waals surface area contributed by atoms with Crippen LogP contribution in [0, 0.1) is 46.3 Å². The van der Waals surface area contributed by atoms with E-state index in [2.05, 4.69) is 52.9 Å². The normalized spacial score (nSPS) is 29.4. The number of phosphoric ester groups is 1. The zero-order chi connectivity index (χ0) is 46.3. The molecule has 0 saturated heterocycles. The van der Waals surface area contributed by atoms with Crippen molar-refractivity contribution in [3.8, 4) is 0 Å². The molecule has 11 atom stereocenters. The van der Waals surface area contributed by atoms with Gasteiger partial charge in [0.2, 0.25) is 0 Å². The molecule has 6 unspecified atom stereocenters. The van der Waals surface area contributed by atoms with Gasteiger partial charge in [0.05, 0.1) is 33.9 Å². The first-order chi connectivity index (χ1) is 29.8. The van der Waals surface area contributed by atoms with Crippen molar-refractivity contribution in [1.29, 1.82) is 0 Å². The molecule has 4 aliphatic carbocycles. The first kappa shape index (κ1) is 54.1. The van der Waals surface area contributed by atoms with Crippen molar-refractivity contribution in [2.24, 2.45) is 46.3 Å². The number of quaternary nitrogens is 1. The summed E-state index contributed by atoms with van der Waals surface area (Å²) in [5, 5.41) is 13.3. The number of fused-ring (bicyclic) bond motifs is 5. The van der Waals surface area contributed by atoms with E-state index in [4.69, 9.17) is 18.5 Å². The Balaban J connectivity index is 1.35. The SMILES string of the molecule is CCCCCCCCCCCCCCNC(=O)O[C@@H](COP(=O)([O-])OCC[N+](C)(C)C)C(OC1CC[C@@]2(C)C(=CCC3C2CC[C@@]2(C)C3CC[C@@H]2[C@H](C)CCCC(C)C)C1)C(=O)O. The highest BCUT2D eigenvalue weighted by atomic mass is 31.2. The molecule has 3 saturated carbocycles. The largest absolute Gasteiger partial charge is 0.756 e. The average molecular weight is 909 g/mol. The fraction of sp³-hybridized carbons (Fsp3) is 0.922. The van der Waals surface area contributed by atoms with E-state index >= 15 is 0 Å². The lowest BCUT2D eigenvalue weighted by atomic mass is 9.47. The monoisotopic (exact) mass is 909 g/mol. The Morgan fingerprint density at radius 2 is 1.52 bits per heavy atom. The van der Waals surface area contributed by atoms with Crippen LogP contribution in [-0.2, 0) is 27.9 Å². The van der Waals surface area contributed by atoms with Crippen molar-refractivity contribution in [3.63, 3.8) is 0 Å². The number of phosphoric acid groups is 1. The standard InChI is InChI=1S/C51H93N2O9P/c1-10-11-12-13-14-15-16-17-18-19-20-21-33-52-49(56)62-46(37-60-63(57,58)59-35-34-53(7,8)9)47(48(54)55)61-41-29-31-50(5)40(36-41)25-26-42-44-28-27-43(39(4)24-22-23-38(2)3)51(44,6)32-30-45(42)50/h25,38-39,41-47H,10-24,26-37H2,1-9H3,(H2-,52,54,55,56,57,58)/t39-,41?,42?,43-,44?,45?,46+,47?,50+,51-/m1/s1.